The SMILES string of the molecule is COc1ccccc1NC(=O)CC1SC(=O)N(Cc2ccccc2)C1=O. The molecule has 0 bridgehead atoms. The molecule has 1 heterocycles. The van der Waals surface area contributed by atoms with Crippen LogP contribution in [0.4, 0.5) is 10.5 Å². The Hall–Kier alpha value is -2.80. The Kier molecular flexibility index (Phi) is 5.58. The number of methoxy groups -OCH3 is 1. The Morgan fingerprint density at radius 2 is 1.81 bits per heavy atom. The van der Waals surface area contributed by atoms with Crippen molar-refractivity contribution in [2.24, 2.45) is 0 Å². The Bertz CT molecular complexity index is 825. The number of nitrogens with one attached hydrogen (secondary N) is 1. The number of anilines is 1. The van der Waals surface area contributed by atoms with Gasteiger partial charge in [-0.2, -0.15) is 0 Å². The van der Waals surface area contributed by atoms with E-state index in [1.807, 2.05) is 30.3 Å². The minimum absolute atomic E-state index is 0.0709. The second-order valence-corrected chi connectivity index (χ2v) is 6.89. The molecule has 2 aromatic rings. The first-order valence-corrected chi connectivity index (χ1v) is 8.95. The number of carbonyl (C=O) groups excluding carboxylic acids is 3. The second kappa shape index (κ2) is 8.05. The quantitative estimate of drug-likeness (QED) is 0.844. The summed E-state index contributed by atoms with van der Waals surface area (Å²) in [5.41, 5.74) is 1.40. The zero-order chi connectivity index (χ0) is 18.5. The van der Waals surface area contributed by atoms with Crippen LogP contribution in [0.25, 0.3) is 0 Å². The van der Waals surface area contributed by atoms with Gasteiger partial charge in [0.25, 0.3) is 5.24 Å². The van der Waals surface area contributed by atoms with Crippen molar-refractivity contribution < 1.29 is 19.1 Å². The first kappa shape index (κ1) is 18.0. The highest BCUT2D eigenvalue weighted by atomic mass is 32.2. The van der Waals surface area contributed by atoms with Gasteiger partial charge < -0.3 is 10.1 Å². The van der Waals surface area contributed by atoms with E-state index in [-0.39, 0.29) is 30.0 Å². The van der Waals surface area contributed by atoms with Gasteiger partial charge in [-0.05, 0) is 17.7 Å². The van der Waals surface area contributed by atoms with Crippen LogP contribution in [0.2, 0.25) is 0 Å². The first-order valence-electron chi connectivity index (χ1n) is 8.07. The topological polar surface area (TPSA) is 75.7 Å². The number of hydrogen-bond donors (Lipinski definition) is 1. The molecular weight excluding hydrogens is 352 g/mol. The van der Waals surface area contributed by atoms with Gasteiger partial charge in [-0.25, -0.2) is 0 Å². The normalized spacial score (nSPS) is 16.7. The van der Waals surface area contributed by atoms with E-state index in [9.17, 15) is 14.4 Å². The van der Waals surface area contributed by atoms with Gasteiger partial charge in [-0.3, -0.25) is 19.3 Å². The van der Waals surface area contributed by atoms with Crippen molar-refractivity contribution in [1.82, 2.24) is 4.90 Å². The average molecular weight is 370 g/mol. The van der Waals surface area contributed by atoms with Crippen LogP contribution >= 0.6 is 11.8 Å². The summed E-state index contributed by atoms with van der Waals surface area (Å²) in [6.07, 6.45) is -0.0709. The van der Waals surface area contributed by atoms with Gasteiger partial charge in [0.15, 0.2) is 0 Å². The predicted molar refractivity (Wildman–Crippen MR) is 100 cm³/mol. The molecule has 134 valence electrons. The zero-order valence-corrected chi connectivity index (χ0v) is 15.0. The molecule has 1 unspecified atom stereocenters. The number of imide groups is 1. The van der Waals surface area contributed by atoms with Crippen LogP contribution in [0, 0.1) is 0 Å². The summed E-state index contributed by atoms with van der Waals surface area (Å²) in [5.74, 6) is -0.137. The molecule has 6 nitrogen and oxygen atoms in total. The fourth-order valence-electron chi connectivity index (χ4n) is 2.65. The number of benzene rings is 2. The number of hydrogen-bond acceptors (Lipinski definition) is 5. The van der Waals surface area contributed by atoms with Crippen LogP contribution in [0.15, 0.2) is 54.6 Å². The molecule has 3 rings (SSSR count). The van der Waals surface area contributed by atoms with Crippen molar-refractivity contribution in [2.45, 2.75) is 18.2 Å². The summed E-state index contributed by atoms with van der Waals surface area (Å²) in [6, 6.07) is 16.3. The standard InChI is InChI=1S/C19H18N2O4S/c1-25-15-10-6-5-9-14(15)20-17(22)11-16-18(23)21(19(24)26-16)12-13-7-3-2-4-8-13/h2-10,16H,11-12H2,1H3,(H,20,22). The molecule has 26 heavy (non-hydrogen) atoms. The number of thioether (sulfide) groups is 1. The molecule has 1 aliphatic heterocycles. The smallest absolute Gasteiger partial charge is 0.289 e. The number of carbonyl (C=O) groups is 3. The van der Waals surface area contributed by atoms with E-state index >= 15 is 0 Å². The molecule has 0 aliphatic carbocycles. The molecule has 1 fully saturated rings. The fraction of sp³-hybridized carbons (Fsp3) is 0.211. The molecule has 0 spiro atoms. The van der Waals surface area contributed by atoms with E-state index in [4.69, 9.17) is 4.74 Å². The van der Waals surface area contributed by atoms with Gasteiger partial charge in [0, 0.05) is 6.42 Å². The predicted octanol–water partition coefficient (Wildman–Crippen LogP) is 3.29. The van der Waals surface area contributed by atoms with Crippen molar-refractivity contribution in [3.63, 3.8) is 0 Å². The monoisotopic (exact) mass is 370 g/mol. The van der Waals surface area contributed by atoms with E-state index in [1.54, 1.807) is 24.3 Å². The highest BCUT2D eigenvalue weighted by Gasteiger charge is 2.40. The molecule has 1 atom stereocenters. The molecule has 1 saturated heterocycles. The summed E-state index contributed by atoms with van der Waals surface area (Å²) in [6.45, 7) is 0.218. The molecular formula is C19H18N2O4S. The van der Waals surface area contributed by atoms with E-state index in [1.165, 1.54) is 12.0 Å². The molecule has 0 saturated carbocycles. The zero-order valence-electron chi connectivity index (χ0n) is 14.2. The third-order valence-electron chi connectivity index (χ3n) is 3.94. The van der Waals surface area contributed by atoms with E-state index in [0.717, 1.165) is 17.3 Å². The third-order valence-corrected chi connectivity index (χ3v) is 5.02. The van der Waals surface area contributed by atoms with Crippen LogP contribution < -0.4 is 10.1 Å². The van der Waals surface area contributed by atoms with Crippen LogP contribution in [0.5, 0.6) is 5.75 Å². The summed E-state index contributed by atoms with van der Waals surface area (Å²) in [4.78, 5) is 38.2. The molecule has 7 heteroatoms. The lowest BCUT2D eigenvalue weighted by Gasteiger charge is -2.14. The van der Waals surface area contributed by atoms with Gasteiger partial charge in [0.05, 0.1) is 19.3 Å². The lowest BCUT2D eigenvalue weighted by Crippen LogP contribution is -2.32. The molecule has 2 aromatic carbocycles. The third kappa shape index (κ3) is 4.05. The number of rotatable bonds is 6. The van der Waals surface area contributed by atoms with Crippen LogP contribution in [0.3, 0.4) is 0 Å². The number of amides is 3. The minimum Gasteiger partial charge on any atom is -0.495 e. The molecule has 3 amide bonds. The van der Waals surface area contributed by atoms with E-state index in [0.29, 0.717) is 11.4 Å². The molecule has 0 radical (unpaired) electrons. The summed E-state index contributed by atoms with van der Waals surface area (Å²) in [5, 5.41) is 1.70. The van der Waals surface area contributed by atoms with Crippen molar-refractivity contribution in [2.75, 3.05) is 12.4 Å². The maximum Gasteiger partial charge on any atom is 0.289 e. The van der Waals surface area contributed by atoms with E-state index in [2.05, 4.69) is 5.32 Å². The average Bonchev–Trinajstić information content (AvgIpc) is 2.90. The van der Waals surface area contributed by atoms with Gasteiger partial charge in [0.1, 0.15) is 11.0 Å². The summed E-state index contributed by atoms with van der Waals surface area (Å²) in [7, 11) is 1.52. The van der Waals surface area contributed by atoms with Crippen LogP contribution in [-0.4, -0.2) is 34.3 Å². The lowest BCUT2D eigenvalue weighted by molar-refractivity contribution is -0.129. The number of para-hydroxylation sites is 2. The second-order valence-electron chi connectivity index (χ2n) is 5.73. The largest absolute Gasteiger partial charge is 0.495 e. The minimum atomic E-state index is -0.707. The first-order chi connectivity index (χ1) is 12.6. The summed E-state index contributed by atoms with van der Waals surface area (Å²) < 4.78 is 5.19. The van der Waals surface area contributed by atoms with Crippen LogP contribution in [-0.2, 0) is 16.1 Å². The van der Waals surface area contributed by atoms with E-state index < -0.39 is 5.25 Å². The van der Waals surface area contributed by atoms with Crippen molar-refractivity contribution in [3.05, 3.63) is 60.2 Å². The highest BCUT2D eigenvalue weighted by molar-refractivity contribution is 8.15. The Morgan fingerprint density at radius 3 is 2.54 bits per heavy atom. The van der Waals surface area contributed by atoms with Gasteiger partial charge in [-0.1, -0.05) is 54.2 Å². The van der Waals surface area contributed by atoms with Crippen LogP contribution in [0.1, 0.15) is 12.0 Å². The Balaban J connectivity index is 1.62. The molecule has 0 aromatic heterocycles. The van der Waals surface area contributed by atoms with Gasteiger partial charge in [0.2, 0.25) is 11.8 Å². The lowest BCUT2D eigenvalue weighted by atomic mass is 10.2. The Morgan fingerprint density at radius 1 is 1.12 bits per heavy atom. The highest BCUT2D eigenvalue weighted by Crippen LogP contribution is 2.31. The fourth-order valence-corrected chi connectivity index (χ4v) is 3.64. The van der Waals surface area contributed by atoms with Crippen molar-refractivity contribution in [3.8, 4) is 5.75 Å². The van der Waals surface area contributed by atoms with Crippen molar-refractivity contribution in [1.29, 1.82) is 0 Å². The van der Waals surface area contributed by atoms with Gasteiger partial charge >= 0.3 is 0 Å². The van der Waals surface area contributed by atoms with Gasteiger partial charge in [-0.15, -0.1) is 0 Å². The summed E-state index contributed by atoms with van der Waals surface area (Å²) >= 11 is 0.895. The maximum absolute atomic E-state index is 12.5. The van der Waals surface area contributed by atoms with Crippen molar-refractivity contribution >= 4 is 34.5 Å². The number of ether oxygens (including phenoxy) is 1. The number of nitrogens with zero attached hydrogens (tertiary/aromatic N) is 1. The Labute approximate surface area is 155 Å². The molecule has 1 N–H and O–H groups in total. The molecule has 1 aliphatic rings. The maximum atomic E-state index is 12.5.